The molecule has 2 heteroatoms. The van der Waals surface area contributed by atoms with Crippen LogP contribution in [-0.2, 0) is 4.74 Å². The molecule has 114 valence electrons. The molecular formula is C18H31NO. The minimum absolute atomic E-state index is 0.485. The van der Waals surface area contributed by atoms with E-state index in [-0.39, 0.29) is 0 Å². The maximum atomic E-state index is 6.04. The van der Waals surface area contributed by atoms with Crippen LogP contribution in [0.2, 0.25) is 0 Å². The Kier molecular flexibility index (Phi) is 4.83. The molecule has 3 aliphatic rings. The molecule has 1 spiro atoms. The standard InChI is InChI=1S/C18H31NO/c1-2-20-17-13-16(18(17)11-7-4-8-12-18)19-14-15-9-5-3-6-10-15/h3,5,15-17,19H,2,4,6-14H2,1H3. The summed E-state index contributed by atoms with van der Waals surface area (Å²) in [6.07, 6.45) is 17.5. The fourth-order valence-electron chi connectivity index (χ4n) is 4.70. The zero-order chi connectivity index (χ0) is 13.8. The number of hydrogen-bond acceptors (Lipinski definition) is 2. The van der Waals surface area contributed by atoms with Crippen LogP contribution in [0.4, 0.5) is 0 Å². The third-order valence-electron chi connectivity index (χ3n) is 5.97. The average Bonchev–Trinajstić information content (AvgIpc) is 2.52. The first-order chi connectivity index (χ1) is 9.85. The molecule has 0 radical (unpaired) electrons. The van der Waals surface area contributed by atoms with Gasteiger partial charge in [-0.3, -0.25) is 0 Å². The van der Waals surface area contributed by atoms with Crippen molar-refractivity contribution in [2.45, 2.75) is 76.9 Å². The van der Waals surface area contributed by atoms with E-state index in [2.05, 4.69) is 24.4 Å². The smallest absolute Gasteiger partial charge is 0.0661 e. The van der Waals surface area contributed by atoms with E-state index in [1.807, 2.05) is 0 Å². The van der Waals surface area contributed by atoms with Gasteiger partial charge in [0.05, 0.1) is 6.10 Å². The van der Waals surface area contributed by atoms with Crippen molar-refractivity contribution >= 4 is 0 Å². The molecule has 0 aliphatic heterocycles. The van der Waals surface area contributed by atoms with Crippen LogP contribution in [0.1, 0.15) is 64.7 Å². The van der Waals surface area contributed by atoms with Gasteiger partial charge in [-0.1, -0.05) is 31.4 Å². The van der Waals surface area contributed by atoms with Gasteiger partial charge in [0.25, 0.3) is 0 Å². The van der Waals surface area contributed by atoms with E-state index >= 15 is 0 Å². The minimum atomic E-state index is 0.485. The number of rotatable bonds is 5. The van der Waals surface area contributed by atoms with E-state index in [9.17, 15) is 0 Å². The normalized spacial score (nSPS) is 36.0. The fraction of sp³-hybridized carbons (Fsp3) is 0.889. The molecule has 3 atom stereocenters. The first-order valence-corrected chi connectivity index (χ1v) is 8.85. The summed E-state index contributed by atoms with van der Waals surface area (Å²) in [6, 6.07) is 0.727. The lowest BCUT2D eigenvalue weighted by Crippen LogP contribution is -2.64. The summed E-state index contributed by atoms with van der Waals surface area (Å²) < 4.78 is 6.04. The third kappa shape index (κ3) is 2.82. The summed E-state index contributed by atoms with van der Waals surface area (Å²) in [7, 11) is 0. The SMILES string of the molecule is CCOC1CC(NCC2CC=CCC2)C12CCCCC2. The van der Waals surface area contributed by atoms with Crippen LogP contribution in [0, 0.1) is 11.3 Å². The van der Waals surface area contributed by atoms with Gasteiger partial charge in [-0.2, -0.15) is 0 Å². The Morgan fingerprint density at radius 2 is 2.05 bits per heavy atom. The van der Waals surface area contributed by atoms with Crippen molar-refractivity contribution in [3.63, 3.8) is 0 Å². The summed E-state index contributed by atoms with van der Waals surface area (Å²) in [5.74, 6) is 0.867. The molecule has 0 amide bonds. The lowest BCUT2D eigenvalue weighted by atomic mass is 9.55. The summed E-state index contributed by atoms with van der Waals surface area (Å²) in [6.45, 7) is 4.24. The predicted molar refractivity (Wildman–Crippen MR) is 83.8 cm³/mol. The Morgan fingerprint density at radius 1 is 1.20 bits per heavy atom. The van der Waals surface area contributed by atoms with Crippen molar-refractivity contribution in [1.29, 1.82) is 0 Å². The molecule has 0 aromatic rings. The fourth-order valence-corrected chi connectivity index (χ4v) is 4.70. The Bertz CT molecular complexity index is 332. The summed E-state index contributed by atoms with van der Waals surface area (Å²) in [5, 5.41) is 3.92. The number of nitrogens with one attached hydrogen (secondary N) is 1. The van der Waals surface area contributed by atoms with Gasteiger partial charge >= 0.3 is 0 Å². The van der Waals surface area contributed by atoms with E-state index < -0.39 is 0 Å². The molecule has 0 aromatic heterocycles. The highest BCUT2D eigenvalue weighted by atomic mass is 16.5. The molecule has 2 saturated carbocycles. The van der Waals surface area contributed by atoms with Gasteiger partial charge in [0.15, 0.2) is 0 Å². The minimum Gasteiger partial charge on any atom is -0.378 e. The lowest BCUT2D eigenvalue weighted by Gasteiger charge is -2.58. The lowest BCUT2D eigenvalue weighted by molar-refractivity contribution is -0.150. The van der Waals surface area contributed by atoms with E-state index in [0.29, 0.717) is 11.5 Å². The Labute approximate surface area is 124 Å². The van der Waals surface area contributed by atoms with E-state index in [1.165, 1.54) is 64.3 Å². The highest BCUT2D eigenvalue weighted by Crippen LogP contribution is 2.53. The molecule has 3 aliphatic carbocycles. The summed E-state index contributed by atoms with van der Waals surface area (Å²) in [4.78, 5) is 0. The summed E-state index contributed by atoms with van der Waals surface area (Å²) in [5.41, 5.74) is 0.485. The molecule has 0 heterocycles. The van der Waals surface area contributed by atoms with Crippen LogP contribution in [0.15, 0.2) is 12.2 Å². The second-order valence-electron chi connectivity index (χ2n) is 7.08. The van der Waals surface area contributed by atoms with Crippen LogP contribution in [-0.4, -0.2) is 25.3 Å². The molecule has 0 aromatic carbocycles. The maximum Gasteiger partial charge on any atom is 0.0661 e. The third-order valence-corrected chi connectivity index (χ3v) is 5.97. The molecule has 1 N–H and O–H groups in total. The molecule has 2 fully saturated rings. The van der Waals surface area contributed by atoms with Crippen molar-refractivity contribution in [3.8, 4) is 0 Å². The van der Waals surface area contributed by atoms with Gasteiger partial charge < -0.3 is 10.1 Å². The number of allylic oxidation sites excluding steroid dienone is 2. The maximum absolute atomic E-state index is 6.04. The van der Waals surface area contributed by atoms with Crippen LogP contribution in [0.3, 0.4) is 0 Å². The second-order valence-corrected chi connectivity index (χ2v) is 7.08. The topological polar surface area (TPSA) is 21.3 Å². The monoisotopic (exact) mass is 277 g/mol. The molecular weight excluding hydrogens is 246 g/mol. The first-order valence-electron chi connectivity index (χ1n) is 8.85. The molecule has 3 rings (SSSR count). The second kappa shape index (κ2) is 6.62. The van der Waals surface area contributed by atoms with Crippen molar-refractivity contribution in [2.24, 2.45) is 11.3 Å². The van der Waals surface area contributed by atoms with Crippen molar-refractivity contribution in [3.05, 3.63) is 12.2 Å². The Morgan fingerprint density at radius 3 is 2.75 bits per heavy atom. The molecule has 0 saturated heterocycles. The van der Waals surface area contributed by atoms with Gasteiger partial charge in [-0.25, -0.2) is 0 Å². The van der Waals surface area contributed by atoms with Crippen molar-refractivity contribution in [2.75, 3.05) is 13.2 Å². The van der Waals surface area contributed by atoms with Gasteiger partial charge in [0, 0.05) is 18.1 Å². The zero-order valence-electron chi connectivity index (χ0n) is 13.1. The van der Waals surface area contributed by atoms with E-state index in [4.69, 9.17) is 4.74 Å². The largest absolute Gasteiger partial charge is 0.378 e. The molecule has 2 nitrogen and oxygen atoms in total. The quantitative estimate of drug-likeness (QED) is 0.765. The van der Waals surface area contributed by atoms with E-state index in [0.717, 1.165) is 18.6 Å². The van der Waals surface area contributed by atoms with Gasteiger partial charge in [-0.05, 0) is 57.9 Å². The molecule has 3 unspecified atom stereocenters. The van der Waals surface area contributed by atoms with E-state index in [1.54, 1.807) is 0 Å². The number of hydrogen-bond donors (Lipinski definition) is 1. The van der Waals surface area contributed by atoms with Gasteiger partial charge in [0.2, 0.25) is 0 Å². The first kappa shape index (κ1) is 14.6. The average molecular weight is 277 g/mol. The van der Waals surface area contributed by atoms with Crippen molar-refractivity contribution in [1.82, 2.24) is 5.32 Å². The van der Waals surface area contributed by atoms with Crippen molar-refractivity contribution < 1.29 is 4.74 Å². The highest BCUT2D eigenvalue weighted by Gasteiger charge is 2.55. The summed E-state index contributed by atoms with van der Waals surface area (Å²) >= 11 is 0. The Balaban J connectivity index is 1.54. The van der Waals surface area contributed by atoms with Gasteiger partial charge in [-0.15, -0.1) is 0 Å². The molecule has 20 heavy (non-hydrogen) atoms. The number of ether oxygens (including phenoxy) is 1. The molecule has 0 bridgehead atoms. The Hall–Kier alpha value is -0.340. The van der Waals surface area contributed by atoms with Crippen LogP contribution in [0.5, 0.6) is 0 Å². The van der Waals surface area contributed by atoms with Gasteiger partial charge in [0.1, 0.15) is 0 Å². The predicted octanol–water partition coefficient (Wildman–Crippen LogP) is 4.06. The zero-order valence-corrected chi connectivity index (χ0v) is 13.1. The van der Waals surface area contributed by atoms with Crippen LogP contribution >= 0.6 is 0 Å². The van der Waals surface area contributed by atoms with Crippen LogP contribution < -0.4 is 5.32 Å². The van der Waals surface area contributed by atoms with Crippen LogP contribution in [0.25, 0.3) is 0 Å². The highest BCUT2D eigenvalue weighted by molar-refractivity contribution is 5.09.